The lowest BCUT2D eigenvalue weighted by Gasteiger charge is -2.07. The topological polar surface area (TPSA) is 17.8 Å². The van der Waals surface area contributed by atoms with Crippen LogP contribution in [0.2, 0.25) is 0 Å². The van der Waals surface area contributed by atoms with Crippen molar-refractivity contribution < 1.29 is 0 Å². The molecule has 2 rings (SSSR count). The second kappa shape index (κ2) is 4.19. The Kier molecular flexibility index (Phi) is 2.91. The van der Waals surface area contributed by atoms with Crippen LogP contribution in [0.4, 0.5) is 0 Å². The summed E-state index contributed by atoms with van der Waals surface area (Å²) >= 11 is 3.55. The summed E-state index contributed by atoms with van der Waals surface area (Å²) in [4.78, 5) is 4.29. The molecule has 0 saturated carbocycles. The van der Waals surface area contributed by atoms with E-state index in [0.717, 1.165) is 16.7 Å². The van der Waals surface area contributed by atoms with Gasteiger partial charge in [-0.05, 0) is 25.5 Å². The van der Waals surface area contributed by atoms with Gasteiger partial charge in [-0.2, -0.15) is 0 Å². The van der Waals surface area contributed by atoms with Crippen LogP contribution in [-0.4, -0.2) is 9.55 Å². The van der Waals surface area contributed by atoms with Gasteiger partial charge in [-0.15, -0.1) is 0 Å². The molecule has 0 aliphatic rings. The van der Waals surface area contributed by atoms with Crippen LogP contribution in [0.1, 0.15) is 17.0 Å². The summed E-state index contributed by atoms with van der Waals surface area (Å²) in [7, 11) is 0. The zero-order chi connectivity index (χ0) is 10.8. The third-order valence-corrected chi connectivity index (χ3v) is 3.42. The van der Waals surface area contributed by atoms with Gasteiger partial charge in [0.1, 0.15) is 0 Å². The predicted molar refractivity (Wildman–Crippen MR) is 64.9 cm³/mol. The summed E-state index contributed by atoms with van der Waals surface area (Å²) in [6.07, 6.45) is 1.89. The largest absolute Gasteiger partial charge is 0.330 e. The molecule has 0 aliphatic heterocycles. The molecule has 0 amide bonds. The van der Waals surface area contributed by atoms with Crippen LogP contribution in [0.25, 0.3) is 0 Å². The minimum absolute atomic E-state index is 0.869. The summed E-state index contributed by atoms with van der Waals surface area (Å²) in [6, 6.07) is 8.27. The van der Waals surface area contributed by atoms with E-state index >= 15 is 0 Å². The van der Waals surface area contributed by atoms with Crippen molar-refractivity contribution in [3.8, 4) is 0 Å². The van der Waals surface area contributed by atoms with E-state index in [4.69, 9.17) is 0 Å². The molecule has 1 heterocycles. The van der Waals surface area contributed by atoms with Gasteiger partial charge >= 0.3 is 0 Å². The van der Waals surface area contributed by atoms with Crippen LogP contribution in [0.3, 0.4) is 0 Å². The average Bonchev–Trinajstić information content (AvgIpc) is 2.53. The number of halogens is 1. The number of nitrogens with zero attached hydrogens (tertiary/aromatic N) is 2. The number of aryl methyl sites for hydroxylation is 1. The first kappa shape index (κ1) is 10.4. The minimum Gasteiger partial charge on any atom is -0.330 e. The molecule has 1 aromatic heterocycles. The Labute approximate surface area is 98.1 Å². The standard InChI is InChI=1S/C12H13BrN2/c1-9-10(2)15(8-14-9)7-11-5-3-4-6-12(11)13/h3-6,8H,7H2,1-2H3. The molecular weight excluding hydrogens is 252 g/mol. The molecule has 2 nitrogen and oxygen atoms in total. The van der Waals surface area contributed by atoms with Gasteiger partial charge < -0.3 is 4.57 Å². The number of rotatable bonds is 2. The van der Waals surface area contributed by atoms with Crippen molar-refractivity contribution in [3.05, 3.63) is 52.0 Å². The molecule has 0 atom stereocenters. The van der Waals surface area contributed by atoms with Crippen molar-refractivity contribution in [3.63, 3.8) is 0 Å². The van der Waals surface area contributed by atoms with E-state index in [1.807, 2.05) is 19.3 Å². The smallest absolute Gasteiger partial charge is 0.0954 e. The van der Waals surface area contributed by atoms with Crippen LogP contribution in [0.5, 0.6) is 0 Å². The lowest BCUT2D eigenvalue weighted by atomic mass is 10.2. The Bertz CT molecular complexity index is 474. The maximum Gasteiger partial charge on any atom is 0.0954 e. The maximum atomic E-state index is 4.29. The molecule has 0 bridgehead atoms. The molecule has 0 unspecified atom stereocenters. The lowest BCUT2D eigenvalue weighted by molar-refractivity contribution is 0.766. The van der Waals surface area contributed by atoms with Crippen molar-refractivity contribution in [2.45, 2.75) is 20.4 Å². The Morgan fingerprint density at radius 1 is 1.27 bits per heavy atom. The molecule has 0 aliphatic carbocycles. The second-order valence-corrected chi connectivity index (χ2v) is 4.49. The molecule has 15 heavy (non-hydrogen) atoms. The number of hydrogen-bond acceptors (Lipinski definition) is 1. The molecule has 3 heteroatoms. The highest BCUT2D eigenvalue weighted by Gasteiger charge is 2.04. The highest BCUT2D eigenvalue weighted by Crippen LogP contribution is 2.18. The summed E-state index contributed by atoms with van der Waals surface area (Å²) in [5, 5.41) is 0. The predicted octanol–water partition coefficient (Wildman–Crippen LogP) is 3.31. The normalized spacial score (nSPS) is 10.6. The van der Waals surface area contributed by atoms with Gasteiger partial charge in [0.15, 0.2) is 0 Å². The second-order valence-electron chi connectivity index (χ2n) is 3.63. The average molecular weight is 265 g/mol. The van der Waals surface area contributed by atoms with Crippen LogP contribution in [-0.2, 0) is 6.54 Å². The molecule has 0 radical (unpaired) electrons. The van der Waals surface area contributed by atoms with Gasteiger partial charge in [0.25, 0.3) is 0 Å². The number of aromatic nitrogens is 2. The van der Waals surface area contributed by atoms with Crippen LogP contribution in [0.15, 0.2) is 35.1 Å². The molecule has 0 spiro atoms. The third-order valence-electron chi connectivity index (χ3n) is 2.64. The molecule has 0 fully saturated rings. The van der Waals surface area contributed by atoms with E-state index in [9.17, 15) is 0 Å². The van der Waals surface area contributed by atoms with Crippen molar-refractivity contribution in [2.75, 3.05) is 0 Å². The quantitative estimate of drug-likeness (QED) is 0.814. The first-order chi connectivity index (χ1) is 7.18. The molecule has 2 aromatic rings. The zero-order valence-electron chi connectivity index (χ0n) is 8.87. The zero-order valence-corrected chi connectivity index (χ0v) is 10.5. The summed E-state index contributed by atoms with van der Waals surface area (Å²) < 4.78 is 3.31. The fourth-order valence-corrected chi connectivity index (χ4v) is 1.92. The first-order valence-corrected chi connectivity index (χ1v) is 5.69. The van der Waals surface area contributed by atoms with E-state index in [2.05, 4.69) is 50.6 Å². The number of imidazole rings is 1. The maximum absolute atomic E-state index is 4.29. The number of benzene rings is 1. The Morgan fingerprint density at radius 2 is 2.00 bits per heavy atom. The molecular formula is C12H13BrN2. The highest BCUT2D eigenvalue weighted by molar-refractivity contribution is 9.10. The van der Waals surface area contributed by atoms with Gasteiger partial charge in [-0.1, -0.05) is 34.1 Å². The van der Waals surface area contributed by atoms with Crippen molar-refractivity contribution in [1.82, 2.24) is 9.55 Å². The fourth-order valence-electron chi connectivity index (χ4n) is 1.51. The third kappa shape index (κ3) is 2.12. The molecule has 1 aromatic carbocycles. The van der Waals surface area contributed by atoms with Gasteiger partial charge in [-0.25, -0.2) is 4.98 Å². The van der Waals surface area contributed by atoms with E-state index in [-0.39, 0.29) is 0 Å². The fraction of sp³-hybridized carbons (Fsp3) is 0.250. The van der Waals surface area contributed by atoms with Crippen molar-refractivity contribution in [1.29, 1.82) is 0 Å². The van der Waals surface area contributed by atoms with Gasteiger partial charge in [-0.3, -0.25) is 0 Å². The minimum atomic E-state index is 0.869. The summed E-state index contributed by atoms with van der Waals surface area (Å²) in [6.45, 7) is 5.00. The van der Waals surface area contributed by atoms with E-state index in [1.165, 1.54) is 11.3 Å². The van der Waals surface area contributed by atoms with E-state index in [0.29, 0.717) is 0 Å². The molecule has 78 valence electrons. The van der Waals surface area contributed by atoms with E-state index in [1.54, 1.807) is 0 Å². The number of hydrogen-bond donors (Lipinski definition) is 0. The summed E-state index contributed by atoms with van der Waals surface area (Å²) in [5.74, 6) is 0. The molecule has 0 N–H and O–H groups in total. The van der Waals surface area contributed by atoms with Gasteiger partial charge in [0.2, 0.25) is 0 Å². The Hall–Kier alpha value is -1.09. The van der Waals surface area contributed by atoms with Gasteiger partial charge in [0, 0.05) is 16.7 Å². The summed E-state index contributed by atoms with van der Waals surface area (Å²) in [5.41, 5.74) is 3.60. The van der Waals surface area contributed by atoms with Crippen molar-refractivity contribution in [2.24, 2.45) is 0 Å². The monoisotopic (exact) mass is 264 g/mol. The van der Waals surface area contributed by atoms with Gasteiger partial charge in [0.05, 0.1) is 12.0 Å². The first-order valence-electron chi connectivity index (χ1n) is 4.90. The lowest BCUT2D eigenvalue weighted by Crippen LogP contribution is -2.01. The van der Waals surface area contributed by atoms with Crippen molar-refractivity contribution >= 4 is 15.9 Å². The molecule has 0 saturated heterocycles. The Morgan fingerprint density at radius 3 is 2.60 bits per heavy atom. The SMILES string of the molecule is Cc1ncn(Cc2ccccc2Br)c1C. The van der Waals surface area contributed by atoms with Crippen LogP contribution in [0, 0.1) is 13.8 Å². The van der Waals surface area contributed by atoms with E-state index < -0.39 is 0 Å². The Balaban J connectivity index is 2.30. The van der Waals surface area contributed by atoms with Crippen LogP contribution < -0.4 is 0 Å². The highest BCUT2D eigenvalue weighted by atomic mass is 79.9. The van der Waals surface area contributed by atoms with Crippen LogP contribution >= 0.6 is 15.9 Å².